The van der Waals surface area contributed by atoms with E-state index in [1.807, 2.05) is 6.92 Å². The zero-order valence-electron chi connectivity index (χ0n) is 11.9. The van der Waals surface area contributed by atoms with Crippen molar-refractivity contribution in [3.63, 3.8) is 0 Å². The predicted octanol–water partition coefficient (Wildman–Crippen LogP) is 4.24. The van der Waals surface area contributed by atoms with E-state index in [9.17, 15) is 4.79 Å². The molecule has 1 atom stereocenters. The van der Waals surface area contributed by atoms with Crippen molar-refractivity contribution in [2.24, 2.45) is 5.41 Å². The summed E-state index contributed by atoms with van der Waals surface area (Å²) in [4.78, 5) is 10.9. The average Bonchev–Trinajstić information content (AvgIpc) is 2.14. The predicted molar refractivity (Wildman–Crippen MR) is 70.8 cm³/mol. The number of esters is 1. The van der Waals surface area contributed by atoms with Crippen molar-refractivity contribution in [1.82, 2.24) is 0 Å². The molecule has 0 bridgehead atoms. The molecule has 0 saturated heterocycles. The molecule has 0 aliphatic heterocycles. The van der Waals surface area contributed by atoms with Crippen LogP contribution < -0.4 is 0 Å². The van der Waals surface area contributed by atoms with Crippen molar-refractivity contribution in [3.05, 3.63) is 11.1 Å². The van der Waals surface area contributed by atoms with Crippen LogP contribution in [-0.2, 0) is 9.53 Å². The highest BCUT2D eigenvalue weighted by molar-refractivity contribution is 5.66. The van der Waals surface area contributed by atoms with Gasteiger partial charge in [-0.2, -0.15) is 0 Å². The van der Waals surface area contributed by atoms with E-state index in [1.165, 1.54) is 26.2 Å². The molecule has 1 unspecified atom stereocenters. The summed E-state index contributed by atoms with van der Waals surface area (Å²) >= 11 is 0. The normalized spacial score (nSPS) is 21.2. The van der Waals surface area contributed by atoms with E-state index in [0.29, 0.717) is 5.41 Å². The SMILES string of the molecule is CC(=O)OC(C)CCC1=C(C)CCCC1(C)C. The highest BCUT2D eigenvalue weighted by atomic mass is 16.5. The molecule has 0 amide bonds. The largest absolute Gasteiger partial charge is 0.463 e. The summed E-state index contributed by atoms with van der Waals surface area (Å²) in [7, 11) is 0. The minimum absolute atomic E-state index is 0.0329. The number of carbonyl (C=O) groups excluding carboxylic acids is 1. The fraction of sp³-hybridized carbons (Fsp3) is 0.800. The Morgan fingerprint density at radius 2 is 2.12 bits per heavy atom. The molecule has 0 saturated carbocycles. The Balaban J connectivity index is 2.57. The fourth-order valence-corrected chi connectivity index (χ4v) is 2.92. The fourth-order valence-electron chi connectivity index (χ4n) is 2.92. The molecule has 0 heterocycles. The van der Waals surface area contributed by atoms with E-state index in [0.717, 1.165) is 12.8 Å². The second-order valence-electron chi connectivity index (χ2n) is 5.96. The first-order valence-electron chi connectivity index (χ1n) is 6.69. The third kappa shape index (κ3) is 4.18. The van der Waals surface area contributed by atoms with E-state index in [4.69, 9.17) is 4.74 Å². The van der Waals surface area contributed by atoms with Crippen LogP contribution in [0.4, 0.5) is 0 Å². The summed E-state index contributed by atoms with van der Waals surface area (Å²) in [6.07, 6.45) is 5.86. The molecule has 0 aromatic rings. The number of carbonyl (C=O) groups is 1. The summed E-state index contributed by atoms with van der Waals surface area (Å²) in [6.45, 7) is 10.4. The standard InChI is InChI=1S/C15H26O2/c1-11-7-6-10-15(4,5)14(11)9-8-12(2)17-13(3)16/h12H,6-10H2,1-5H3. The molecular formula is C15H26O2. The van der Waals surface area contributed by atoms with Gasteiger partial charge in [-0.05, 0) is 51.4 Å². The van der Waals surface area contributed by atoms with Crippen molar-refractivity contribution in [2.45, 2.75) is 72.8 Å². The first-order valence-corrected chi connectivity index (χ1v) is 6.69. The topological polar surface area (TPSA) is 26.3 Å². The van der Waals surface area contributed by atoms with Crippen molar-refractivity contribution in [3.8, 4) is 0 Å². The highest BCUT2D eigenvalue weighted by Gasteiger charge is 2.28. The van der Waals surface area contributed by atoms with E-state index < -0.39 is 0 Å². The lowest BCUT2D eigenvalue weighted by molar-refractivity contribution is -0.145. The molecule has 0 aromatic carbocycles. The van der Waals surface area contributed by atoms with E-state index >= 15 is 0 Å². The van der Waals surface area contributed by atoms with Gasteiger partial charge in [0.15, 0.2) is 0 Å². The third-order valence-electron chi connectivity index (χ3n) is 3.85. The van der Waals surface area contributed by atoms with Gasteiger partial charge < -0.3 is 4.74 Å². The Bertz CT molecular complexity index is 313. The Labute approximate surface area is 105 Å². The molecule has 98 valence electrons. The van der Waals surface area contributed by atoms with Crippen LogP contribution in [0.25, 0.3) is 0 Å². The quantitative estimate of drug-likeness (QED) is 0.541. The van der Waals surface area contributed by atoms with Crippen molar-refractivity contribution < 1.29 is 9.53 Å². The monoisotopic (exact) mass is 238 g/mol. The lowest BCUT2D eigenvalue weighted by Gasteiger charge is -2.35. The molecule has 0 N–H and O–H groups in total. The molecule has 0 aromatic heterocycles. The molecule has 2 nitrogen and oxygen atoms in total. The molecular weight excluding hydrogens is 212 g/mol. The van der Waals surface area contributed by atoms with Gasteiger partial charge in [-0.1, -0.05) is 25.0 Å². The maximum absolute atomic E-state index is 10.9. The first kappa shape index (κ1) is 14.3. The molecule has 0 fully saturated rings. The molecule has 0 radical (unpaired) electrons. The summed E-state index contributed by atoms with van der Waals surface area (Å²) in [5.41, 5.74) is 3.47. The van der Waals surface area contributed by atoms with Crippen LogP contribution in [0.15, 0.2) is 11.1 Å². The second-order valence-corrected chi connectivity index (χ2v) is 5.96. The summed E-state index contributed by atoms with van der Waals surface area (Å²) in [6, 6.07) is 0. The maximum Gasteiger partial charge on any atom is 0.302 e. The number of allylic oxidation sites excluding steroid dienone is 2. The van der Waals surface area contributed by atoms with Crippen LogP contribution in [0.1, 0.15) is 66.7 Å². The van der Waals surface area contributed by atoms with Crippen LogP contribution >= 0.6 is 0 Å². The van der Waals surface area contributed by atoms with Crippen molar-refractivity contribution >= 4 is 5.97 Å². The number of hydrogen-bond donors (Lipinski definition) is 0. The van der Waals surface area contributed by atoms with E-state index in [-0.39, 0.29) is 12.1 Å². The zero-order valence-corrected chi connectivity index (χ0v) is 11.9. The minimum Gasteiger partial charge on any atom is -0.463 e. The Hall–Kier alpha value is -0.790. The smallest absolute Gasteiger partial charge is 0.302 e. The summed E-state index contributed by atoms with van der Waals surface area (Å²) in [5.74, 6) is -0.175. The van der Waals surface area contributed by atoms with Crippen LogP contribution in [0, 0.1) is 5.41 Å². The molecule has 0 spiro atoms. The number of ether oxygens (including phenoxy) is 1. The van der Waals surface area contributed by atoms with Gasteiger partial charge in [0.05, 0.1) is 6.10 Å². The van der Waals surface area contributed by atoms with Gasteiger partial charge in [0.2, 0.25) is 0 Å². The molecule has 1 aliphatic carbocycles. The Morgan fingerprint density at radius 1 is 1.47 bits per heavy atom. The molecule has 2 heteroatoms. The van der Waals surface area contributed by atoms with Gasteiger partial charge in [0, 0.05) is 6.92 Å². The third-order valence-corrected chi connectivity index (χ3v) is 3.85. The van der Waals surface area contributed by atoms with Crippen molar-refractivity contribution in [1.29, 1.82) is 0 Å². The number of rotatable bonds is 4. The lowest BCUT2D eigenvalue weighted by Crippen LogP contribution is -2.22. The van der Waals surface area contributed by atoms with E-state index in [1.54, 1.807) is 11.1 Å². The van der Waals surface area contributed by atoms with Gasteiger partial charge in [0.1, 0.15) is 0 Å². The molecule has 1 aliphatic rings. The van der Waals surface area contributed by atoms with Gasteiger partial charge >= 0.3 is 5.97 Å². The van der Waals surface area contributed by atoms with Gasteiger partial charge in [0.25, 0.3) is 0 Å². The van der Waals surface area contributed by atoms with Gasteiger partial charge in [-0.3, -0.25) is 4.79 Å². The zero-order chi connectivity index (χ0) is 13.1. The number of hydrogen-bond acceptors (Lipinski definition) is 2. The van der Waals surface area contributed by atoms with Gasteiger partial charge in [-0.15, -0.1) is 0 Å². The Morgan fingerprint density at radius 3 is 2.65 bits per heavy atom. The molecule has 1 rings (SSSR count). The highest BCUT2D eigenvalue weighted by Crippen LogP contribution is 2.42. The van der Waals surface area contributed by atoms with Crippen molar-refractivity contribution in [2.75, 3.05) is 0 Å². The van der Waals surface area contributed by atoms with E-state index in [2.05, 4.69) is 20.8 Å². The summed E-state index contributed by atoms with van der Waals surface area (Å²) < 4.78 is 5.18. The Kier molecular flexibility index (Phi) is 4.79. The maximum atomic E-state index is 10.9. The average molecular weight is 238 g/mol. The van der Waals surface area contributed by atoms with Crippen LogP contribution in [0.5, 0.6) is 0 Å². The second kappa shape index (κ2) is 5.70. The van der Waals surface area contributed by atoms with Crippen LogP contribution in [-0.4, -0.2) is 12.1 Å². The first-order chi connectivity index (χ1) is 7.83. The molecule has 17 heavy (non-hydrogen) atoms. The lowest BCUT2D eigenvalue weighted by atomic mass is 9.71. The summed E-state index contributed by atoms with van der Waals surface area (Å²) in [5, 5.41) is 0. The van der Waals surface area contributed by atoms with Gasteiger partial charge in [-0.25, -0.2) is 0 Å². The minimum atomic E-state index is -0.175. The van der Waals surface area contributed by atoms with Crippen LogP contribution in [0.2, 0.25) is 0 Å². The van der Waals surface area contributed by atoms with Crippen LogP contribution in [0.3, 0.4) is 0 Å².